The Balaban J connectivity index is 2.48. The zero-order valence-electron chi connectivity index (χ0n) is 8.36. The zero-order valence-corrected chi connectivity index (χ0v) is 8.36. The number of ether oxygens (including phenoxy) is 1. The number of carbonyl (C=O) groups excluding carboxylic acids is 1. The summed E-state index contributed by atoms with van der Waals surface area (Å²) in [5.74, 6) is 0. The highest BCUT2D eigenvalue weighted by Crippen LogP contribution is 2.18. The largest absolute Gasteiger partial charge is 0.447 e. The van der Waals surface area contributed by atoms with Crippen LogP contribution in [-0.2, 0) is 4.74 Å². The molecule has 1 saturated heterocycles. The molecule has 1 N–H and O–H groups in total. The molecule has 76 valence electrons. The predicted molar refractivity (Wildman–Crippen MR) is 48.4 cm³/mol. The Morgan fingerprint density at radius 3 is 2.62 bits per heavy atom. The van der Waals surface area contributed by atoms with Crippen molar-refractivity contribution in [2.45, 2.75) is 45.4 Å². The molecule has 4 heteroatoms. The van der Waals surface area contributed by atoms with E-state index in [0.717, 1.165) is 0 Å². The van der Waals surface area contributed by atoms with Gasteiger partial charge in [0.2, 0.25) is 0 Å². The van der Waals surface area contributed by atoms with Gasteiger partial charge in [-0.05, 0) is 27.2 Å². The van der Waals surface area contributed by atoms with Crippen molar-refractivity contribution in [2.75, 3.05) is 6.54 Å². The van der Waals surface area contributed by atoms with Gasteiger partial charge in [0.25, 0.3) is 0 Å². The molecule has 1 heterocycles. The van der Waals surface area contributed by atoms with Crippen molar-refractivity contribution in [1.29, 1.82) is 0 Å². The molecule has 0 aromatic carbocycles. The first kappa shape index (κ1) is 10.3. The normalized spacial score (nSPS) is 28.2. The van der Waals surface area contributed by atoms with Crippen LogP contribution in [0.1, 0.15) is 27.2 Å². The van der Waals surface area contributed by atoms with E-state index >= 15 is 0 Å². The summed E-state index contributed by atoms with van der Waals surface area (Å²) in [5.41, 5.74) is 0. The van der Waals surface area contributed by atoms with Gasteiger partial charge in [-0.3, -0.25) is 0 Å². The first-order valence-electron chi connectivity index (χ1n) is 4.67. The van der Waals surface area contributed by atoms with Crippen LogP contribution in [0.5, 0.6) is 0 Å². The number of amides is 1. The number of carbonyl (C=O) groups is 1. The number of hydrogen-bond acceptors (Lipinski definition) is 3. The summed E-state index contributed by atoms with van der Waals surface area (Å²) >= 11 is 0. The van der Waals surface area contributed by atoms with E-state index < -0.39 is 6.10 Å². The highest BCUT2D eigenvalue weighted by atomic mass is 16.6. The van der Waals surface area contributed by atoms with Crippen LogP contribution in [0, 0.1) is 0 Å². The van der Waals surface area contributed by atoms with Crippen LogP contribution in [0.3, 0.4) is 0 Å². The van der Waals surface area contributed by atoms with Crippen molar-refractivity contribution in [3.63, 3.8) is 0 Å². The fourth-order valence-electron chi connectivity index (χ4n) is 1.45. The second-order valence-electron chi connectivity index (χ2n) is 3.72. The maximum absolute atomic E-state index is 11.4. The van der Waals surface area contributed by atoms with Crippen molar-refractivity contribution in [2.24, 2.45) is 0 Å². The van der Waals surface area contributed by atoms with Gasteiger partial charge in [-0.1, -0.05) is 0 Å². The molecule has 0 aliphatic carbocycles. The lowest BCUT2D eigenvalue weighted by molar-refractivity contribution is 0.0621. The van der Waals surface area contributed by atoms with E-state index in [0.29, 0.717) is 13.0 Å². The van der Waals surface area contributed by atoms with E-state index in [1.807, 2.05) is 20.8 Å². The molecule has 2 atom stereocenters. The third-order valence-corrected chi connectivity index (χ3v) is 2.29. The molecule has 0 aromatic rings. The summed E-state index contributed by atoms with van der Waals surface area (Å²) in [5, 5.41) is 9.40. The number of aliphatic hydroxyl groups excluding tert-OH is 1. The van der Waals surface area contributed by atoms with Crippen LogP contribution in [-0.4, -0.2) is 40.9 Å². The van der Waals surface area contributed by atoms with Gasteiger partial charge in [0, 0.05) is 6.54 Å². The molecule has 0 aromatic heterocycles. The summed E-state index contributed by atoms with van der Waals surface area (Å²) in [6.07, 6.45) is -0.176. The molecule has 4 nitrogen and oxygen atoms in total. The molecule has 1 rings (SSSR count). The molecule has 1 unspecified atom stereocenters. The third kappa shape index (κ3) is 2.34. The summed E-state index contributed by atoms with van der Waals surface area (Å²) in [4.78, 5) is 13.0. The van der Waals surface area contributed by atoms with E-state index in [-0.39, 0.29) is 18.2 Å². The average molecular weight is 187 g/mol. The molecule has 0 saturated carbocycles. The van der Waals surface area contributed by atoms with Gasteiger partial charge < -0.3 is 14.7 Å². The zero-order chi connectivity index (χ0) is 10.0. The molecule has 13 heavy (non-hydrogen) atoms. The SMILES string of the molecule is CC(C)OC(=O)N1CCC(O)[C@@H]1C. The first-order valence-corrected chi connectivity index (χ1v) is 4.67. The molecule has 1 fully saturated rings. The van der Waals surface area contributed by atoms with Gasteiger partial charge in [0.1, 0.15) is 0 Å². The second kappa shape index (κ2) is 3.96. The van der Waals surface area contributed by atoms with Crippen LogP contribution >= 0.6 is 0 Å². The van der Waals surface area contributed by atoms with Crippen LogP contribution in [0.25, 0.3) is 0 Å². The Kier molecular flexibility index (Phi) is 3.14. The molecule has 1 aliphatic heterocycles. The predicted octanol–water partition coefficient (Wildman–Crippen LogP) is 0.986. The van der Waals surface area contributed by atoms with Crippen molar-refractivity contribution >= 4 is 6.09 Å². The topological polar surface area (TPSA) is 49.8 Å². The maximum atomic E-state index is 11.4. The fraction of sp³-hybridized carbons (Fsp3) is 0.889. The Bertz CT molecular complexity index is 193. The van der Waals surface area contributed by atoms with Crippen LogP contribution in [0.2, 0.25) is 0 Å². The fourth-order valence-corrected chi connectivity index (χ4v) is 1.45. The van der Waals surface area contributed by atoms with E-state index in [9.17, 15) is 9.90 Å². The van der Waals surface area contributed by atoms with Crippen LogP contribution in [0.4, 0.5) is 4.79 Å². The minimum Gasteiger partial charge on any atom is -0.447 e. The van der Waals surface area contributed by atoms with Gasteiger partial charge in [-0.2, -0.15) is 0 Å². The Hall–Kier alpha value is -0.770. The molecule has 0 bridgehead atoms. The summed E-state index contributed by atoms with van der Waals surface area (Å²) in [7, 11) is 0. The van der Waals surface area contributed by atoms with E-state index in [4.69, 9.17) is 4.74 Å². The minimum atomic E-state index is -0.403. The Labute approximate surface area is 78.5 Å². The van der Waals surface area contributed by atoms with Crippen molar-refractivity contribution in [3.8, 4) is 0 Å². The Morgan fingerprint density at radius 2 is 2.23 bits per heavy atom. The number of aliphatic hydroxyl groups is 1. The molecule has 0 spiro atoms. The highest BCUT2D eigenvalue weighted by molar-refractivity contribution is 5.68. The van der Waals surface area contributed by atoms with Gasteiger partial charge in [-0.25, -0.2) is 4.79 Å². The number of hydrogen-bond donors (Lipinski definition) is 1. The smallest absolute Gasteiger partial charge is 0.410 e. The number of likely N-dealkylation sites (tertiary alicyclic amines) is 1. The van der Waals surface area contributed by atoms with Crippen LogP contribution in [0.15, 0.2) is 0 Å². The monoisotopic (exact) mass is 187 g/mol. The molecular formula is C9H17NO3. The average Bonchev–Trinajstić information content (AvgIpc) is 2.31. The lowest BCUT2D eigenvalue weighted by Crippen LogP contribution is -2.38. The second-order valence-corrected chi connectivity index (χ2v) is 3.72. The highest BCUT2D eigenvalue weighted by Gasteiger charge is 2.33. The van der Waals surface area contributed by atoms with E-state index in [1.165, 1.54) is 0 Å². The number of rotatable bonds is 1. The molecule has 0 radical (unpaired) electrons. The Morgan fingerprint density at radius 1 is 1.62 bits per heavy atom. The lowest BCUT2D eigenvalue weighted by atomic mass is 10.2. The van der Waals surface area contributed by atoms with Gasteiger partial charge in [0.05, 0.1) is 18.2 Å². The summed E-state index contributed by atoms with van der Waals surface area (Å²) in [6, 6.07) is -0.119. The lowest BCUT2D eigenvalue weighted by Gasteiger charge is -2.23. The summed E-state index contributed by atoms with van der Waals surface area (Å²) in [6.45, 7) is 6.05. The van der Waals surface area contributed by atoms with Gasteiger partial charge >= 0.3 is 6.09 Å². The van der Waals surface area contributed by atoms with Crippen molar-refractivity contribution in [3.05, 3.63) is 0 Å². The van der Waals surface area contributed by atoms with E-state index in [1.54, 1.807) is 4.90 Å². The van der Waals surface area contributed by atoms with E-state index in [2.05, 4.69) is 0 Å². The first-order chi connectivity index (χ1) is 6.02. The standard InChI is InChI=1S/C9H17NO3/c1-6(2)13-9(12)10-5-4-8(11)7(10)3/h6-8,11H,4-5H2,1-3H3/t7-,8?/m0/s1. The molecular weight excluding hydrogens is 170 g/mol. The maximum Gasteiger partial charge on any atom is 0.410 e. The quantitative estimate of drug-likeness (QED) is 0.666. The number of nitrogens with zero attached hydrogens (tertiary/aromatic N) is 1. The third-order valence-electron chi connectivity index (χ3n) is 2.29. The molecule has 1 amide bonds. The van der Waals surface area contributed by atoms with Gasteiger partial charge in [0.15, 0.2) is 0 Å². The minimum absolute atomic E-state index is 0.0996. The van der Waals surface area contributed by atoms with Crippen molar-refractivity contribution in [1.82, 2.24) is 4.90 Å². The van der Waals surface area contributed by atoms with Gasteiger partial charge in [-0.15, -0.1) is 0 Å². The van der Waals surface area contributed by atoms with Crippen molar-refractivity contribution < 1.29 is 14.6 Å². The molecule has 1 aliphatic rings. The summed E-state index contributed by atoms with van der Waals surface area (Å²) < 4.78 is 5.03. The van der Waals surface area contributed by atoms with Crippen LogP contribution < -0.4 is 0 Å².